The molecule has 2 N–H and O–H groups in total. The zero-order chi connectivity index (χ0) is 14.5. The fraction of sp³-hybridized carbons (Fsp3) is 0.467. The number of rotatable bonds is 5. The molecule has 2 aromatic rings. The van der Waals surface area contributed by atoms with E-state index in [1.807, 2.05) is 12.1 Å². The van der Waals surface area contributed by atoms with Crippen molar-refractivity contribution in [3.63, 3.8) is 0 Å². The van der Waals surface area contributed by atoms with Crippen LogP contribution in [0.4, 0.5) is 5.69 Å². The van der Waals surface area contributed by atoms with Crippen molar-refractivity contribution in [3.05, 3.63) is 23.2 Å². The summed E-state index contributed by atoms with van der Waals surface area (Å²) in [6, 6.07) is 6.59. The highest BCUT2D eigenvalue weighted by atomic mass is 32.1. The number of anilines is 1. The highest BCUT2D eigenvalue weighted by molar-refractivity contribution is 7.80. The highest BCUT2D eigenvalue weighted by Gasteiger charge is 2.06. The second kappa shape index (κ2) is 6.99. The summed E-state index contributed by atoms with van der Waals surface area (Å²) in [5.74, 6) is 0. The van der Waals surface area contributed by atoms with Gasteiger partial charge in [-0.1, -0.05) is 20.3 Å². The van der Waals surface area contributed by atoms with Gasteiger partial charge in [-0.2, -0.15) is 0 Å². The molecule has 1 atom stereocenters. The lowest BCUT2D eigenvalue weighted by molar-refractivity contribution is 0.599. The van der Waals surface area contributed by atoms with E-state index in [2.05, 4.69) is 42.5 Å². The Morgan fingerprint density at radius 3 is 2.90 bits per heavy atom. The van der Waals surface area contributed by atoms with Crippen LogP contribution in [0.15, 0.2) is 18.2 Å². The molecule has 0 aliphatic heterocycles. The van der Waals surface area contributed by atoms with E-state index >= 15 is 0 Å². The normalized spacial score (nSPS) is 12.3. The number of benzene rings is 1. The maximum Gasteiger partial charge on any atom is 0.170 e. The van der Waals surface area contributed by atoms with E-state index in [0.717, 1.165) is 30.5 Å². The average Bonchev–Trinajstić information content (AvgIpc) is 2.80. The number of hydrogen-bond acceptors (Lipinski definition) is 3. The molecule has 0 aliphatic carbocycles. The molecule has 0 radical (unpaired) electrons. The fourth-order valence-electron chi connectivity index (χ4n) is 2.10. The monoisotopic (exact) mass is 307 g/mol. The smallest absolute Gasteiger partial charge is 0.170 e. The fourth-order valence-corrected chi connectivity index (χ4v) is 3.36. The molecule has 1 heterocycles. The lowest BCUT2D eigenvalue weighted by Gasteiger charge is -2.16. The summed E-state index contributed by atoms with van der Waals surface area (Å²) in [5.41, 5.74) is 2.08. The largest absolute Gasteiger partial charge is 0.360 e. The molecule has 3 nitrogen and oxygen atoms in total. The summed E-state index contributed by atoms with van der Waals surface area (Å²) in [6.07, 6.45) is 3.26. The van der Waals surface area contributed by atoms with Crippen molar-refractivity contribution in [2.75, 3.05) is 5.32 Å². The van der Waals surface area contributed by atoms with Crippen LogP contribution >= 0.6 is 23.6 Å². The van der Waals surface area contributed by atoms with Crippen LogP contribution in [0.2, 0.25) is 0 Å². The first kappa shape index (κ1) is 15.2. The quantitative estimate of drug-likeness (QED) is 0.806. The zero-order valence-corrected chi connectivity index (χ0v) is 13.8. The molecule has 1 unspecified atom stereocenters. The van der Waals surface area contributed by atoms with E-state index in [9.17, 15) is 0 Å². The van der Waals surface area contributed by atoms with Gasteiger partial charge in [-0.05, 0) is 50.2 Å². The molecule has 0 fully saturated rings. The number of nitrogens with zero attached hydrogens (tertiary/aromatic N) is 1. The van der Waals surface area contributed by atoms with Gasteiger partial charge in [0.2, 0.25) is 0 Å². The number of hydrogen-bond donors (Lipinski definition) is 2. The molecule has 5 heteroatoms. The van der Waals surface area contributed by atoms with Crippen LogP contribution in [-0.4, -0.2) is 16.1 Å². The number of fused-ring (bicyclic) bond motifs is 1. The van der Waals surface area contributed by atoms with Crippen molar-refractivity contribution < 1.29 is 0 Å². The van der Waals surface area contributed by atoms with Gasteiger partial charge in [-0.25, -0.2) is 4.98 Å². The third kappa shape index (κ3) is 3.90. The van der Waals surface area contributed by atoms with E-state index in [4.69, 9.17) is 12.2 Å². The Kier molecular flexibility index (Phi) is 5.31. The minimum atomic E-state index is 0.402. The van der Waals surface area contributed by atoms with Gasteiger partial charge < -0.3 is 10.6 Å². The van der Waals surface area contributed by atoms with Crippen LogP contribution in [0.25, 0.3) is 10.2 Å². The molecular weight excluding hydrogens is 286 g/mol. The van der Waals surface area contributed by atoms with Gasteiger partial charge in [0.15, 0.2) is 5.11 Å². The molecule has 0 aliphatic rings. The summed E-state index contributed by atoms with van der Waals surface area (Å²) in [7, 11) is 0. The predicted molar refractivity (Wildman–Crippen MR) is 92.7 cm³/mol. The van der Waals surface area contributed by atoms with Gasteiger partial charge in [-0.3, -0.25) is 0 Å². The van der Waals surface area contributed by atoms with Crippen LogP contribution in [0.5, 0.6) is 0 Å². The minimum absolute atomic E-state index is 0.402. The van der Waals surface area contributed by atoms with Gasteiger partial charge in [0.25, 0.3) is 0 Å². The highest BCUT2D eigenvalue weighted by Crippen LogP contribution is 2.25. The Morgan fingerprint density at radius 1 is 1.40 bits per heavy atom. The number of thiazole rings is 1. The second-order valence-electron chi connectivity index (χ2n) is 4.93. The van der Waals surface area contributed by atoms with Gasteiger partial charge in [0.1, 0.15) is 0 Å². The topological polar surface area (TPSA) is 37.0 Å². The van der Waals surface area contributed by atoms with Crippen molar-refractivity contribution in [3.8, 4) is 0 Å². The Bertz CT molecular complexity index is 592. The first-order valence-electron chi connectivity index (χ1n) is 7.09. The molecule has 1 aromatic carbocycles. The summed E-state index contributed by atoms with van der Waals surface area (Å²) in [5, 5.41) is 8.41. The second-order valence-corrected chi connectivity index (χ2v) is 6.46. The van der Waals surface area contributed by atoms with Crippen molar-refractivity contribution in [1.82, 2.24) is 10.3 Å². The van der Waals surface area contributed by atoms with Crippen LogP contribution < -0.4 is 10.6 Å². The van der Waals surface area contributed by atoms with E-state index in [1.165, 1.54) is 9.71 Å². The third-order valence-corrected chi connectivity index (χ3v) is 4.47. The predicted octanol–water partition coefficient (Wildman–Crippen LogP) is 4.33. The molecule has 1 aromatic heterocycles. The molecule has 108 valence electrons. The zero-order valence-electron chi connectivity index (χ0n) is 12.2. The lowest BCUT2D eigenvalue weighted by Crippen LogP contribution is -2.35. The molecule has 0 bridgehead atoms. The Hall–Kier alpha value is -1.20. The van der Waals surface area contributed by atoms with Gasteiger partial charge in [0.05, 0.1) is 15.2 Å². The standard InChI is InChI=1S/C15H21N3S2/c1-4-6-10(3)16-15(19)17-11-7-8-12-13(9-11)20-14(5-2)18-12/h7-10H,4-6H2,1-3H3,(H2,16,17,19). The van der Waals surface area contributed by atoms with E-state index < -0.39 is 0 Å². The van der Waals surface area contributed by atoms with E-state index in [-0.39, 0.29) is 0 Å². The molecule has 20 heavy (non-hydrogen) atoms. The number of nitrogens with one attached hydrogen (secondary N) is 2. The average molecular weight is 307 g/mol. The molecular formula is C15H21N3S2. The first-order valence-corrected chi connectivity index (χ1v) is 8.31. The van der Waals surface area contributed by atoms with Crippen molar-refractivity contribution >= 4 is 44.6 Å². The molecule has 0 spiro atoms. The number of aryl methyl sites for hydroxylation is 1. The summed E-state index contributed by atoms with van der Waals surface area (Å²) in [4.78, 5) is 4.57. The third-order valence-electron chi connectivity index (χ3n) is 3.09. The van der Waals surface area contributed by atoms with Gasteiger partial charge in [-0.15, -0.1) is 11.3 Å². The van der Waals surface area contributed by atoms with Crippen LogP contribution in [0.3, 0.4) is 0 Å². The summed E-state index contributed by atoms with van der Waals surface area (Å²) < 4.78 is 1.20. The molecule has 0 saturated carbocycles. The maximum atomic E-state index is 5.34. The van der Waals surface area contributed by atoms with Crippen molar-refractivity contribution in [2.24, 2.45) is 0 Å². The van der Waals surface area contributed by atoms with Crippen molar-refractivity contribution in [2.45, 2.75) is 46.1 Å². The Labute approximate surface area is 129 Å². The summed E-state index contributed by atoms with van der Waals surface area (Å²) in [6.45, 7) is 6.46. The number of thiocarbonyl (C=S) groups is 1. The maximum absolute atomic E-state index is 5.34. The van der Waals surface area contributed by atoms with Crippen LogP contribution in [0, 0.1) is 0 Å². The van der Waals surface area contributed by atoms with Crippen molar-refractivity contribution in [1.29, 1.82) is 0 Å². The summed E-state index contributed by atoms with van der Waals surface area (Å²) >= 11 is 7.09. The van der Waals surface area contributed by atoms with Gasteiger partial charge >= 0.3 is 0 Å². The SMILES string of the molecule is CCCC(C)NC(=S)Nc1ccc2nc(CC)sc2c1. The van der Waals surface area contributed by atoms with E-state index in [1.54, 1.807) is 11.3 Å². The van der Waals surface area contributed by atoms with Gasteiger partial charge in [0, 0.05) is 11.7 Å². The molecule has 0 amide bonds. The van der Waals surface area contributed by atoms with Crippen LogP contribution in [-0.2, 0) is 6.42 Å². The van der Waals surface area contributed by atoms with E-state index in [0.29, 0.717) is 11.2 Å². The Balaban J connectivity index is 2.03. The van der Waals surface area contributed by atoms with Crippen LogP contribution in [0.1, 0.15) is 38.6 Å². The Morgan fingerprint density at radius 2 is 2.20 bits per heavy atom. The number of aromatic nitrogens is 1. The minimum Gasteiger partial charge on any atom is -0.360 e. The molecule has 0 saturated heterocycles. The lowest BCUT2D eigenvalue weighted by atomic mass is 10.2. The molecule has 2 rings (SSSR count). The first-order chi connectivity index (χ1) is 9.62.